The second-order valence-corrected chi connectivity index (χ2v) is 2.68. The summed E-state index contributed by atoms with van der Waals surface area (Å²) in [7, 11) is 0. The molecule has 0 aliphatic heterocycles. The molecule has 0 aromatic carbocycles. The molecule has 4 N–H and O–H groups in total. The standard InChI is InChI=1S/C6H15N.4CH2O3.2K.2Na/c1-4-7(5-2)6-3;4*2-1(3)4;;;;/h4-6H2,1-3H3;4*(H2,2,3,4);;;;/q;;;;;4*+1/p-4. The van der Waals surface area contributed by atoms with Crippen molar-refractivity contribution in [3.05, 3.63) is 0 Å². The van der Waals surface area contributed by atoms with Gasteiger partial charge in [0.2, 0.25) is 0 Å². The minimum Gasteiger partial charge on any atom is -0.652 e. The van der Waals surface area contributed by atoms with Gasteiger partial charge in [-0.1, -0.05) is 20.8 Å². The van der Waals surface area contributed by atoms with Crippen LogP contribution in [0.4, 0.5) is 19.2 Å². The first-order valence-electron chi connectivity index (χ1n) is 5.60. The van der Waals surface area contributed by atoms with Crippen molar-refractivity contribution >= 4 is 24.6 Å². The Kier molecular flexibility index (Phi) is 108. The number of hydrogen-bond donors (Lipinski definition) is 4. The fourth-order valence-corrected chi connectivity index (χ4v) is 0.671. The summed E-state index contributed by atoms with van der Waals surface area (Å²) >= 11 is 0. The van der Waals surface area contributed by atoms with Crippen LogP contribution >= 0.6 is 0 Å². The summed E-state index contributed by atoms with van der Waals surface area (Å²) in [6.07, 6.45) is -8.33. The third-order valence-electron chi connectivity index (χ3n) is 1.34. The Balaban J connectivity index is -0.0000000211. The smallest absolute Gasteiger partial charge is 0.652 e. The Morgan fingerprint density at radius 2 is 0.704 bits per heavy atom. The largest absolute Gasteiger partial charge is 1.00 e. The van der Waals surface area contributed by atoms with Gasteiger partial charge in [-0.15, -0.1) is 0 Å². The van der Waals surface area contributed by atoms with Gasteiger partial charge in [0.1, 0.15) is 0 Å². The zero-order chi connectivity index (χ0) is 20.0. The first kappa shape index (κ1) is 56.9. The van der Waals surface area contributed by atoms with Crippen LogP contribution in [0.25, 0.3) is 0 Å². The molecule has 0 radical (unpaired) electrons. The Bertz CT molecular complexity index is 253. The van der Waals surface area contributed by atoms with Crippen LogP contribution in [-0.4, -0.2) is 69.6 Å². The average Bonchev–Trinajstić information content (AvgIpc) is 2.28. The van der Waals surface area contributed by atoms with E-state index < -0.39 is 24.6 Å². The van der Waals surface area contributed by atoms with E-state index >= 15 is 0 Å². The average molecular weight is 469 g/mol. The molecule has 0 spiro atoms. The number of nitrogens with zero attached hydrogens (tertiary/aromatic N) is 1. The predicted molar refractivity (Wildman–Crippen MR) is 65.6 cm³/mol. The van der Waals surface area contributed by atoms with Crippen LogP contribution in [0, 0.1) is 0 Å². The van der Waals surface area contributed by atoms with Crippen molar-refractivity contribution in [2.75, 3.05) is 19.6 Å². The number of carbonyl (C=O) groups is 4. The quantitative estimate of drug-likeness (QED) is 0.281. The zero-order valence-corrected chi connectivity index (χ0v) is 26.9. The van der Waals surface area contributed by atoms with E-state index in [1.807, 2.05) is 0 Å². The van der Waals surface area contributed by atoms with Crippen molar-refractivity contribution in [2.45, 2.75) is 20.8 Å². The van der Waals surface area contributed by atoms with Gasteiger partial charge < -0.3 is 55.3 Å². The maximum Gasteiger partial charge on any atom is 1.00 e. The fourth-order valence-electron chi connectivity index (χ4n) is 0.671. The second-order valence-electron chi connectivity index (χ2n) is 2.68. The molecule has 0 bridgehead atoms. The third-order valence-corrected chi connectivity index (χ3v) is 1.34. The van der Waals surface area contributed by atoms with Crippen molar-refractivity contribution in [1.29, 1.82) is 0 Å². The molecular weight excluding hydrogens is 450 g/mol. The topological polar surface area (TPSA) is 245 Å². The molecule has 27 heavy (non-hydrogen) atoms. The van der Waals surface area contributed by atoms with E-state index in [0.29, 0.717) is 0 Å². The molecule has 0 saturated heterocycles. The minimum atomic E-state index is -2.33. The Hall–Kier alpha value is 2.31. The second kappa shape index (κ2) is 51.2. The van der Waals surface area contributed by atoms with Crippen LogP contribution in [0.2, 0.25) is 0 Å². The summed E-state index contributed by atoms with van der Waals surface area (Å²) in [5.41, 5.74) is 0. The van der Waals surface area contributed by atoms with Crippen molar-refractivity contribution in [3.63, 3.8) is 0 Å². The predicted octanol–water partition coefficient (Wildman–Crippen LogP) is -15.1. The van der Waals surface area contributed by atoms with E-state index in [2.05, 4.69) is 25.7 Å². The molecule has 0 atom stereocenters. The maximum atomic E-state index is 8.56. The number of hydrogen-bond acceptors (Lipinski definition) is 9. The van der Waals surface area contributed by atoms with Gasteiger partial charge in [-0.25, -0.2) is 9.59 Å². The van der Waals surface area contributed by atoms with Gasteiger partial charge in [-0.2, -0.15) is 0 Å². The summed E-state index contributed by atoms with van der Waals surface area (Å²) < 4.78 is 0. The van der Waals surface area contributed by atoms with Gasteiger partial charge >= 0.3 is 174 Å². The molecule has 0 rings (SSSR count). The normalized spacial score (nSPS) is 6.22. The van der Waals surface area contributed by atoms with Gasteiger partial charge in [0.15, 0.2) is 0 Å². The third kappa shape index (κ3) is 284. The van der Waals surface area contributed by atoms with E-state index in [0.717, 1.165) is 0 Å². The molecule has 0 unspecified atom stereocenters. The molecule has 0 heterocycles. The van der Waals surface area contributed by atoms with E-state index in [1.165, 1.54) is 19.6 Å². The van der Waals surface area contributed by atoms with Crippen molar-refractivity contribution < 1.29 is 222 Å². The van der Waals surface area contributed by atoms with Crippen molar-refractivity contribution in [3.8, 4) is 0 Å². The summed E-state index contributed by atoms with van der Waals surface area (Å²) in [5.74, 6) is 0. The maximum absolute atomic E-state index is 8.56. The first-order chi connectivity index (χ1) is 10.3. The van der Waals surface area contributed by atoms with Crippen LogP contribution in [0.15, 0.2) is 0 Å². The SMILES string of the molecule is CCN(CC)CC.O=C(O)O.O=C(O)O.O=C([O-])[O-].O=C([O-])[O-].[K+].[K+].[Na+].[Na+]. The molecule has 0 saturated carbocycles. The monoisotopic (exact) mass is 469 g/mol. The van der Waals surface area contributed by atoms with Gasteiger partial charge in [0.25, 0.3) is 0 Å². The van der Waals surface area contributed by atoms with E-state index in [9.17, 15) is 0 Å². The Labute approximate surface area is 285 Å². The molecule has 0 aliphatic carbocycles. The van der Waals surface area contributed by atoms with Crippen LogP contribution < -0.4 is 182 Å². The minimum absolute atomic E-state index is 0. The Morgan fingerprint density at radius 3 is 0.704 bits per heavy atom. The van der Waals surface area contributed by atoms with Crippen molar-refractivity contribution in [2.24, 2.45) is 0 Å². The number of carbonyl (C=O) groups excluding carboxylic acids is 2. The summed E-state index contributed by atoms with van der Waals surface area (Å²) in [6.45, 7) is 10.1. The molecular formula is C10H19K2NNa2O12. The summed E-state index contributed by atoms with van der Waals surface area (Å²) in [5, 5.41) is 61.2. The van der Waals surface area contributed by atoms with Crippen LogP contribution in [-0.2, 0) is 0 Å². The zero-order valence-electron chi connectivity index (χ0n) is 16.6. The molecule has 17 heteroatoms. The number of rotatable bonds is 3. The molecule has 0 aromatic rings. The summed E-state index contributed by atoms with van der Waals surface area (Å²) in [4.78, 5) is 36.2. The van der Waals surface area contributed by atoms with E-state index in [4.69, 9.17) is 60.0 Å². The van der Waals surface area contributed by atoms with Crippen LogP contribution in [0.5, 0.6) is 0 Å². The van der Waals surface area contributed by atoms with Gasteiger partial charge in [-0.3, -0.25) is 0 Å². The number of carboxylic acid groups (broad SMARTS) is 8. The van der Waals surface area contributed by atoms with Gasteiger partial charge in [0.05, 0.1) is 0 Å². The fraction of sp³-hybridized carbons (Fsp3) is 0.600. The first-order valence-corrected chi connectivity index (χ1v) is 5.60. The van der Waals surface area contributed by atoms with Crippen LogP contribution in [0.3, 0.4) is 0 Å². The molecule has 13 nitrogen and oxygen atoms in total. The molecule has 0 aliphatic rings. The Morgan fingerprint density at radius 1 is 0.630 bits per heavy atom. The van der Waals surface area contributed by atoms with Gasteiger partial charge in [0, 0.05) is 0 Å². The molecule has 0 aromatic heterocycles. The van der Waals surface area contributed by atoms with E-state index in [1.54, 1.807) is 0 Å². The van der Waals surface area contributed by atoms with Crippen LogP contribution in [0.1, 0.15) is 20.8 Å². The van der Waals surface area contributed by atoms with Gasteiger partial charge in [-0.05, 0) is 31.9 Å². The molecule has 0 fully saturated rings. The van der Waals surface area contributed by atoms with E-state index in [-0.39, 0.29) is 162 Å². The molecule has 0 amide bonds. The van der Waals surface area contributed by atoms with Crippen molar-refractivity contribution in [1.82, 2.24) is 4.90 Å². The summed E-state index contributed by atoms with van der Waals surface area (Å²) in [6, 6.07) is 0. The molecule has 140 valence electrons.